The van der Waals surface area contributed by atoms with Crippen molar-refractivity contribution in [2.75, 3.05) is 38.5 Å². The van der Waals surface area contributed by atoms with Gasteiger partial charge in [0.2, 0.25) is 17.7 Å². The summed E-state index contributed by atoms with van der Waals surface area (Å²) >= 11 is 1.10. The molecule has 1 aromatic carbocycles. The number of likely N-dealkylation sites (N-methyl/N-ethyl adjacent to an activating group) is 1. The zero-order valence-electron chi connectivity index (χ0n) is 27.7. The van der Waals surface area contributed by atoms with E-state index in [-0.39, 0.29) is 23.9 Å². The van der Waals surface area contributed by atoms with Gasteiger partial charge in [-0.3, -0.25) is 19.2 Å². The summed E-state index contributed by atoms with van der Waals surface area (Å²) in [5, 5.41) is 8.84. The van der Waals surface area contributed by atoms with Gasteiger partial charge in [0.25, 0.3) is 5.91 Å². The minimum atomic E-state index is -3.85. The molecule has 1 aromatic heterocycles. The van der Waals surface area contributed by atoms with Crippen molar-refractivity contribution in [3.05, 3.63) is 51.5 Å². The number of rotatable bonds is 11. The lowest BCUT2D eigenvalue weighted by Gasteiger charge is -2.36. The second-order valence-corrected chi connectivity index (χ2v) is 14.2. The van der Waals surface area contributed by atoms with Crippen molar-refractivity contribution in [3.63, 3.8) is 0 Å². The Morgan fingerprint density at radius 1 is 1.02 bits per heavy atom. The summed E-state index contributed by atoms with van der Waals surface area (Å²) in [5.41, 5.74) is -0.195. The normalized spacial score (nSPS) is 21.0. The van der Waals surface area contributed by atoms with Gasteiger partial charge in [-0.25, -0.2) is 4.39 Å². The number of anilines is 1. The summed E-state index contributed by atoms with van der Waals surface area (Å²) in [5.74, 6) is -8.16. The van der Waals surface area contributed by atoms with Crippen LogP contribution in [0.1, 0.15) is 74.8 Å². The summed E-state index contributed by atoms with van der Waals surface area (Å²) in [4.78, 5) is 56.8. The van der Waals surface area contributed by atoms with Crippen LogP contribution >= 0.6 is 11.3 Å². The lowest BCUT2D eigenvalue weighted by molar-refractivity contribution is -0.149. The number of thiophene rings is 1. The van der Waals surface area contributed by atoms with Gasteiger partial charge < -0.3 is 25.8 Å². The maximum atomic E-state index is 15.6. The van der Waals surface area contributed by atoms with Gasteiger partial charge in [-0.2, -0.15) is 8.78 Å². The molecule has 1 saturated heterocycles. The summed E-state index contributed by atoms with van der Waals surface area (Å²) in [6.07, 6.45) is 2.82. The molecule has 1 aliphatic heterocycles. The Bertz CT molecular complexity index is 1440. The largest absolute Gasteiger partial charge is 0.350 e. The Morgan fingerprint density at radius 3 is 2.26 bits per heavy atom. The van der Waals surface area contributed by atoms with E-state index in [9.17, 15) is 19.2 Å². The van der Waals surface area contributed by atoms with Crippen molar-refractivity contribution in [1.82, 2.24) is 20.4 Å². The van der Waals surface area contributed by atoms with Crippen molar-refractivity contribution in [1.29, 1.82) is 0 Å². The van der Waals surface area contributed by atoms with Crippen LogP contribution in [0.3, 0.4) is 0 Å². The van der Waals surface area contributed by atoms with Crippen LogP contribution in [0.4, 0.5) is 18.9 Å². The van der Waals surface area contributed by atoms with Crippen LogP contribution in [-0.4, -0.2) is 78.7 Å². The van der Waals surface area contributed by atoms with E-state index in [2.05, 4.69) is 27.8 Å². The Balaban J connectivity index is 1.53. The Kier molecular flexibility index (Phi) is 12.1. The minimum Gasteiger partial charge on any atom is -0.344 e. The predicted octanol–water partition coefficient (Wildman–Crippen LogP) is 5.01. The number of benzene rings is 1. The Hall–Kier alpha value is -3.45. The van der Waals surface area contributed by atoms with Gasteiger partial charge in [-0.05, 0) is 62.4 Å². The number of nitrogens with one attached hydrogen (secondary N) is 3. The molecule has 2 aromatic rings. The average Bonchev–Trinajstić information content (AvgIpc) is 3.50. The molecule has 4 rings (SSSR count). The van der Waals surface area contributed by atoms with Crippen LogP contribution in [0.15, 0.2) is 29.6 Å². The summed E-state index contributed by atoms with van der Waals surface area (Å²) in [7, 11) is 1.97. The fraction of sp³-hybridized carbons (Fsp3) is 0.588. The highest BCUT2D eigenvalue weighted by Gasteiger charge is 2.45. The van der Waals surface area contributed by atoms with Crippen LogP contribution in [0.5, 0.6) is 0 Å². The molecule has 13 heteroatoms. The molecule has 0 spiro atoms. The van der Waals surface area contributed by atoms with Crippen molar-refractivity contribution < 1.29 is 32.3 Å². The number of aryl methyl sites for hydroxylation is 1. The van der Waals surface area contributed by atoms with Crippen LogP contribution in [0, 0.1) is 24.6 Å². The monoisotopic (exact) mass is 677 g/mol. The first-order valence-electron chi connectivity index (χ1n) is 16.3. The van der Waals surface area contributed by atoms with Gasteiger partial charge in [0.1, 0.15) is 17.9 Å². The van der Waals surface area contributed by atoms with Gasteiger partial charge in [0, 0.05) is 54.3 Å². The van der Waals surface area contributed by atoms with Gasteiger partial charge in [-0.1, -0.05) is 39.7 Å². The van der Waals surface area contributed by atoms with Crippen molar-refractivity contribution in [3.8, 4) is 0 Å². The number of hydrogen-bond donors (Lipinski definition) is 3. The molecule has 0 unspecified atom stereocenters. The van der Waals surface area contributed by atoms with E-state index < -0.39 is 53.0 Å². The quantitative estimate of drug-likeness (QED) is 0.310. The van der Waals surface area contributed by atoms with Gasteiger partial charge in [0.15, 0.2) is 0 Å². The first-order valence-corrected chi connectivity index (χ1v) is 17.2. The van der Waals surface area contributed by atoms with Crippen molar-refractivity contribution in [2.24, 2.45) is 11.8 Å². The Labute approximate surface area is 278 Å². The Morgan fingerprint density at radius 2 is 1.68 bits per heavy atom. The van der Waals surface area contributed by atoms with E-state index in [1.165, 1.54) is 23.6 Å². The second-order valence-electron chi connectivity index (χ2n) is 13.0. The van der Waals surface area contributed by atoms with E-state index in [0.717, 1.165) is 24.2 Å². The standard InChI is InChI=1S/C34H46F3N5O4S/c1-6-28(43)39-29(32(45)42-15-13-41(5)14-16-42)22(4)24-11-12-27(26(35)18-24)38-31(44)30(23-9-7-20(2)8-10-23)40-33(46)34(36,37)25-17-21(3)47-19-25/h11-12,17-20,22-23,29-30H,6-10,13-16H2,1-5H3,(H,38,44)(H,39,43)(H,40,46)/t20?,22-,23?,29+,30-/m0/s1. The molecular formula is C34H46F3N5O4S. The number of carbonyl (C=O) groups is 4. The average molecular weight is 678 g/mol. The topological polar surface area (TPSA) is 111 Å². The first kappa shape index (κ1) is 36.4. The van der Waals surface area contributed by atoms with Crippen LogP contribution in [-0.2, 0) is 25.1 Å². The number of amides is 4. The third-order valence-corrected chi connectivity index (χ3v) is 10.3. The maximum absolute atomic E-state index is 15.6. The molecule has 1 saturated carbocycles. The number of piperazine rings is 1. The molecule has 9 nitrogen and oxygen atoms in total. The number of carbonyl (C=O) groups excluding carboxylic acids is 4. The van der Waals surface area contributed by atoms with Crippen molar-refractivity contribution in [2.45, 2.75) is 83.7 Å². The molecule has 2 aliphatic rings. The number of hydrogen-bond acceptors (Lipinski definition) is 6. The van der Waals surface area contributed by atoms with E-state index in [4.69, 9.17) is 0 Å². The number of nitrogens with zero attached hydrogens (tertiary/aromatic N) is 2. The highest BCUT2D eigenvalue weighted by molar-refractivity contribution is 7.10. The molecule has 2 fully saturated rings. The third kappa shape index (κ3) is 8.92. The highest BCUT2D eigenvalue weighted by atomic mass is 32.1. The van der Waals surface area contributed by atoms with E-state index in [1.807, 2.05) is 7.05 Å². The second kappa shape index (κ2) is 15.6. The van der Waals surface area contributed by atoms with Crippen molar-refractivity contribution >= 4 is 40.7 Å². The van der Waals surface area contributed by atoms with Gasteiger partial charge in [0.05, 0.1) is 5.69 Å². The molecule has 0 bridgehead atoms. The van der Waals surface area contributed by atoms with E-state index in [0.29, 0.717) is 55.4 Å². The fourth-order valence-electron chi connectivity index (χ4n) is 6.21. The van der Waals surface area contributed by atoms with Gasteiger partial charge >= 0.3 is 5.92 Å². The van der Waals surface area contributed by atoms with Crippen LogP contribution in [0.2, 0.25) is 0 Å². The minimum absolute atomic E-state index is 0.176. The maximum Gasteiger partial charge on any atom is 0.350 e. The van der Waals surface area contributed by atoms with Crippen LogP contribution < -0.4 is 16.0 Å². The van der Waals surface area contributed by atoms with Gasteiger partial charge in [-0.15, -0.1) is 11.3 Å². The molecule has 0 radical (unpaired) electrons. The molecule has 1 aliphatic carbocycles. The molecule has 258 valence electrons. The lowest BCUT2D eigenvalue weighted by atomic mass is 9.79. The number of alkyl halides is 2. The zero-order valence-corrected chi connectivity index (χ0v) is 28.5. The molecular weight excluding hydrogens is 631 g/mol. The van der Waals surface area contributed by atoms with E-state index in [1.54, 1.807) is 31.7 Å². The molecule has 47 heavy (non-hydrogen) atoms. The lowest BCUT2D eigenvalue weighted by Crippen LogP contribution is -2.55. The molecule has 2 heterocycles. The van der Waals surface area contributed by atoms with Crippen LogP contribution in [0.25, 0.3) is 0 Å². The summed E-state index contributed by atoms with van der Waals surface area (Å²) < 4.78 is 45.9. The fourth-order valence-corrected chi connectivity index (χ4v) is 6.93. The molecule has 3 atom stereocenters. The molecule has 3 N–H and O–H groups in total. The zero-order chi connectivity index (χ0) is 34.5. The SMILES string of the molecule is CCC(=O)N[C@@H](C(=O)N1CCN(C)CC1)[C@@H](C)c1ccc(NC(=O)[C@@H](NC(=O)C(F)(F)c2csc(C)c2)C2CCC(C)CC2)c(F)c1. The summed E-state index contributed by atoms with van der Waals surface area (Å²) in [6, 6.07) is 3.14. The third-order valence-electron chi connectivity index (χ3n) is 9.47. The molecule has 4 amide bonds. The summed E-state index contributed by atoms with van der Waals surface area (Å²) in [6.45, 7) is 9.57. The van der Waals surface area contributed by atoms with E-state index >= 15 is 13.2 Å². The first-order chi connectivity index (χ1) is 22.2. The smallest absolute Gasteiger partial charge is 0.344 e. The predicted molar refractivity (Wildman–Crippen MR) is 176 cm³/mol. The number of halogens is 3. The highest BCUT2D eigenvalue weighted by Crippen LogP contribution is 2.35.